The first-order valence-corrected chi connectivity index (χ1v) is 9.06. The van der Waals surface area contributed by atoms with Gasteiger partial charge in [-0.1, -0.05) is 6.07 Å². The number of rotatable bonds is 5. The average molecular weight is 331 g/mol. The van der Waals surface area contributed by atoms with E-state index in [4.69, 9.17) is 9.47 Å². The second-order valence-corrected chi connectivity index (χ2v) is 7.16. The fourth-order valence-corrected chi connectivity index (χ4v) is 4.39. The van der Waals surface area contributed by atoms with Crippen LogP contribution in [0.5, 0.6) is 6.01 Å². The predicted molar refractivity (Wildman–Crippen MR) is 88.5 cm³/mol. The smallest absolute Gasteiger partial charge is 0.316 e. The first-order chi connectivity index (χ1) is 11.4. The summed E-state index contributed by atoms with van der Waals surface area (Å²) >= 11 is 1.84. The molecular formula is C17H21N3O2S. The molecular weight excluding hydrogens is 310 g/mol. The van der Waals surface area contributed by atoms with E-state index in [1.54, 1.807) is 18.5 Å². The maximum Gasteiger partial charge on any atom is 0.316 e. The van der Waals surface area contributed by atoms with Crippen molar-refractivity contribution in [2.75, 3.05) is 19.8 Å². The fraction of sp³-hybridized carbons (Fsp3) is 0.529. The monoisotopic (exact) mass is 331 g/mol. The number of hydrogen-bond acceptors (Lipinski definition) is 6. The molecule has 122 valence electrons. The number of morpholine rings is 1. The third kappa shape index (κ3) is 3.39. The van der Waals surface area contributed by atoms with Gasteiger partial charge in [-0.25, -0.2) is 9.97 Å². The Balaban J connectivity index is 1.37. The van der Waals surface area contributed by atoms with Crippen molar-refractivity contribution in [2.45, 2.75) is 31.5 Å². The van der Waals surface area contributed by atoms with Gasteiger partial charge in [0.25, 0.3) is 0 Å². The molecule has 2 aromatic heterocycles. The van der Waals surface area contributed by atoms with Crippen molar-refractivity contribution in [1.29, 1.82) is 0 Å². The fourth-order valence-electron chi connectivity index (χ4n) is 3.66. The lowest BCUT2D eigenvalue weighted by Gasteiger charge is -2.39. The van der Waals surface area contributed by atoms with E-state index >= 15 is 0 Å². The topological polar surface area (TPSA) is 47.5 Å². The molecule has 3 heterocycles. The van der Waals surface area contributed by atoms with Crippen molar-refractivity contribution in [3.8, 4) is 6.01 Å². The van der Waals surface area contributed by atoms with E-state index < -0.39 is 0 Å². The number of thiophene rings is 1. The SMILES string of the molecule is c1cnc(OC[C@@H]2CC[C@H]3[C@@H]2OCCN3Cc2cccs2)nc1. The maximum atomic E-state index is 6.09. The van der Waals surface area contributed by atoms with Crippen LogP contribution in [0.15, 0.2) is 36.0 Å². The molecule has 4 rings (SSSR count). The normalized spacial score (nSPS) is 27.7. The van der Waals surface area contributed by atoms with Crippen LogP contribution in [0.1, 0.15) is 17.7 Å². The molecule has 1 aliphatic heterocycles. The van der Waals surface area contributed by atoms with Crippen LogP contribution in [0.25, 0.3) is 0 Å². The second kappa shape index (κ2) is 6.95. The van der Waals surface area contributed by atoms with Gasteiger partial charge in [-0.2, -0.15) is 0 Å². The molecule has 2 fully saturated rings. The van der Waals surface area contributed by atoms with E-state index in [9.17, 15) is 0 Å². The highest BCUT2D eigenvalue weighted by Gasteiger charge is 2.42. The molecule has 2 aliphatic rings. The molecule has 3 atom stereocenters. The molecule has 1 saturated carbocycles. The van der Waals surface area contributed by atoms with E-state index in [-0.39, 0.29) is 6.10 Å². The predicted octanol–water partition coefficient (Wildman–Crippen LogP) is 2.60. The van der Waals surface area contributed by atoms with Crippen LogP contribution < -0.4 is 4.74 Å². The van der Waals surface area contributed by atoms with Crippen LogP contribution in [-0.2, 0) is 11.3 Å². The summed E-state index contributed by atoms with van der Waals surface area (Å²) in [7, 11) is 0. The molecule has 5 nitrogen and oxygen atoms in total. The van der Waals surface area contributed by atoms with Gasteiger partial charge in [-0.3, -0.25) is 4.90 Å². The third-order valence-corrected chi connectivity index (χ3v) is 5.60. The number of hydrogen-bond donors (Lipinski definition) is 0. The van der Waals surface area contributed by atoms with Gasteiger partial charge >= 0.3 is 6.01 Å². The lowest BCUT2D eigenvalue weighted by Crippen LogP contribution is -2.50. The Kier molecular flexibility index (Phi) is 4.55. The van der Waals surface area contributed by atoms with Crippen LogP contribution >= 0.6 is 11.3 Å². The van der Waals surface area contributed by atoms with Gasteiger partial charge in [0.1, 0.15) is 0 Å². The Morgan fingerprint density at radius 3 is 3.00 bits per heavy atom. The number of ether oxygens (including phenoxy) is 2. The third-order valence-electron chi connectivity index (χ3n) is 4.74. The molecule has 0 N–H and O–H groups in total. The summed E-state index contributed by atoms with van der Waals surface area (Å²) in [5, 5.41) is 2.15. The van der Waals surface area contributed by atoms with Crippen LogP contribution in [0.3, 0.4) is 0 Å². The van der Waals surface area contributed by atoms with Crippen LogP contribution in [-0.4, -0.2) is 46.8 Å². The molecule has 0 amide bonds. The summed E-state index contributed by atoms with van der Waals surface area (Å²) in [6.07, 6.45) is 6.01. The summed E-state index contributed by atoms with van der Waals surface area (Å²) in [5.74, 6) is 0.426. The Morgan fingerprint density at radius 2 is 2.17 bits per heavy atom. The largest absolute Gasteiger partial charge is 0.463 e. The summed E-state index contributed by atoms with van der Waals surface area (Å²) in [5.41, 5.74) is 0. The zero-order valence-corrected chi connectivity index (χ0v) is 13.8. The molecule has 1 saturated heterocycles. The quantitative estimate of drug-likeness (QED) is 0.843. The standard InChI is InChI=1S/C17H21N3O2S/c1-3-14(23-10-1)11-20-8-9-21-16-13(4-5-15(16)20)12-22-17-18-6-2-7-19-17/h1-3,6-7,10,13,15-16H,4-5,8-9,11-12H2/t13-,15-,16+/m0/s1. The van der Waals surface area contributed by atoms with E-state index in [2.05, 4.69) is 32.4 Å². The first kappa shape index (κ1) is 15.1. The van der Waals surface area contributed by atoms with Crippen LogP contribution in [0, 0.1) is 5.92 Å². The Morgan fingerprint density at radius 1 is 1.26 bits per heavy atom. The highest BCUT2D eigenvalue weighted by atomic mass is 32.1. The molecule has 0 radical (unpaired) electrons. The van der Waals surface area contributed by atoms with Crippen molar-refractivity contribution in [1.82, 2.24) is 14.9 Å². The van der Waals surface area contributed by atoms with Gasteiger partial charge in [0.15, 0.2) is 0 Å². The van der Waals surface area contributed by atoms with Gasteiger partial charge in [-0.15, -0.1) is 11.3 Å². The molecule has 0 spiro atoms. The molecule has 0 unspecified atom stereocenters. The first-order valence-electron chi connectivity index (χ1n) is 8.18. The molecule has 1 aliphatic carbocycles. The van der Waals surface area contributed by atoms with E-state index in [1.807, 2.05) is 11.3 Å². The van der Waals surface area contributed by atoms with Crippen molar-refractivity contribution in [2.24, 2.45) is 5.92 Å². The lowest BCUT2D eigenvalue weighted by molar-refractivity contribution is -0.0817. The van der Waals surface area contributed by atoms with Gasteiger partial charge in [0, 0.05) is 42.3 Å². The number of aromatic nitrogens is 2. The Labute approximate surface area is 140 Å². The summed E-state index contributed by atoms with van der Waals surface area (Å²) < 4.78 is 11.9. The second-order valence-electron chi connectivity index (χ2n) is 6.13. The number of nitrogens with zero attached hydrogens (tertiary/aromatic N) is 3. The average Bonchev–Trinajstić information content (AvgIpc) is 3.24. The van der Waals surface area contributed by atoms with Crippen molar-refractivity contribution in [3.63, 3.8) is 0 Å². The summed E-state index contributed by atoms with van der Waals surface area (Å²) in [4.78, 5) is 12.3. The minimum absolute atomic E-state index is 0.271. The molecule has 2 aromatic rings. The summed E-state index contributed by atoms with van der Waals surface area (Å²) in [6, 6.07) is 7.12. The van der Waals surface area contributed by atoms with Crippen molar-refractivity contribution in [3.05, 3.63) is 40.8 Å². The maximum absolute atomic E-state index is 6.09. The van der Waals surface area contributed by atoms with Gasteiger partial charge in [-0.05, 0) is 30.4 Å². The highest BCUT2D eigenvalue weighted by Crippen LogP contribution is 2.35. The van der Waals surface area contributed by atoms with Crippen LogP contribution in [0.2, 0.25) is 0 Å². The van der Waals surface area contributed by atoms with E-state index in [1.165, 1.54) is 11.3 Å². The molecule has 0 aromatic carbocycles. The summed E-state index contributed by atoms with van der Waals surface area (Å²) in [6.45, 7) is 3.51. The van der Waals surface area contributed by atoms with E-state index in [0.29, 0.717) is 24.6 Å². The Bertz CT molecular complexity index is 608. The minimum Gasteiger partial charge on any atom is -0.463 e. The van der Waals surface area contributed by atoms with Gasteiger partial charge < -0.3 is 9.47 Å². The van der Waals surface area contributed by atoms with Crippen LogP contribution in [0.4, 0.5) is 0 Å². The van der Waals surface area contributed by atoms with Crippen molar-refractivity contribution >= 4 is 11.3 Å². The van der Waals surface area contributed by atoms with E-state index in [0.717, 1.165) is 26.1 Å². The zero-order valence-electron chi connectivity index (χ0n) is 13.0. The van der Waals surface area contributed by atoms with Gasteiger partial charge in [0.05, 0.1) is 19.3 Å². The van der Waals surface area contributed by atoms with Gasteiger partial charge in [0.2, 0.25) is 0 Å². The molecule has 6 heteroatoms. The molecule has 0 bridgehead atoms. The zero-order chi connectivity index (χ0) is 15.5. The number of fused-ring (bicyclic) bond motifs is 1. The Hall–Kier alpha value is -1.50. The molecule has 23 heavy (non-hydrogen) atoms. The van der Waals surface area contributed by atoms with Crippen molar-refractivity contribution < 1.29 is 9.47 Å². The lowest BCUT2D eigenvalue weighted by atomic mass is 10.0. The highest BCUT2D eigenvalue weighted by molar-refractivity contribution is 7.09. The minimum atomic E-state index is 0.271.